The third-order valence-electron chi connectivity index (χ3n) is 4.43. The molecule has 1 heterocycles. The Bertz CT molecular complexity index is 453. The lowest BCUT2D eigenvalue weighted by atomic mass is 9.81. The van der Waals surface area contributed by atoms with Gasteiger partial charge in [-0.15, -0.1) is 0 Å². The van der Waals surface area contributed by atoms with Crippen molar-refractivity contribution in [2.75, 3.05) is 18.4 Å². The van der Waals surface area contributed by atoms with Crippen molar-refractivity contribution in [3.63, 3.8) is 0 Å². The molecule has 1 saturated carbocycles. The molecular weight excluding hydrogens is 262 g/mol. The summed E-state index contributed by atoms with van der Waals surface area (Å²) in [5, 5.41) is 6.17. The number of hydrogen-bond donors (Lipinski definition) is 2. The fourth-order valence-corrected chi connectivity index (χ4v) is 3.01. The lowest BCUT2D eigenvalue weighted by Gasteiger charge is -2.27. The van der Waals surface area contributed by atoms with Crippen molar-refractivity contribution in [1.29, 1.82) is 0 Å². The number of anilines is 1. The van der Waals surface area contributed by atoms with Crippen LogP contribution in [0.15, 0.2) is 18.2 Å². The summed E-state index contributed by atoms with van der Waals surface area (Å²) in [5.74, 6) is 2.23. The van der Waals surface area contributed by atoms with E-state index in [-0.39, 0.29) is 5.91 Å². The van der Waals surface area contributed by atoms with Gasteiger partial charge in [0.15, 0.2) is 0 Å². The maximum absolute atomic E-state index is 12.2. The highest BCUT2D eigenvalue weighted by Crippen LogP contribution is 2.30. The molecule has 21 heavy (non-hydrogen) atoms. The van der Waals surface area contributed by atoms with Gasteiger partial charge in [0.25, 0.3) is 5.91 Å². The maximum atomic E-state index is 12.2. The van der Waals surface area contributed by atoms with E-state index < -0.39 is 0 Å². The summed E-state index contributed by atoms with van der Waals surface area (Å²) in [4.78, 5) is 16.5. The SMILES string of the molecule is CCNc1cccc(C(=O)NCC2CCC(CC)CC2)n1. The van der Waals surface area contributed by atoms with Gasteiger partial charge in [0.05, 0.1) is 0 Å². The molecule has 0 aliphatic heterocycles. The van der Waals surface area contributed by atoms with Crippen molar-refractivity contribution in [3.8, 4) is 0 Å². The van der Waals surface area contributed by atoms with E-state index in [4.69, 9.17) is 0 Å². The second kappa shape index (κ2) is 8.01. The second-order valence-corrected chi connectivity index (χ2v) is 5.94. The molecule has 1 aliphatic carbocycles. The number of hydrogen-bond acceptors (Lipinski definition) is 3. The summed E-state index contributed by atoms with van der Waals surface area (Å²) in [6.07, 6.45) is 6.39. The Kier molecular flexibility index (Phi) is 6.03. The largest absolute Gasteiger partial charge is 0.370 e. The van der Waals surface area contributed by atoms with Crippen LogP contribution in [0.1, 0.15) is 56.4 Å². The third kappa shape index (κ3) is 4.73. The third-order valence-corrected chi connectivity index (χ3v) is 4.43. The molecule has 1 fully saturated rings. The van der Waals surface area contributed by atoms with E-state index in [2.05, 4.69) is 22.5 Å². The number of amides is 1. The average Bonchev–Trinajstić information content (AvgIpc) is 2.53. The van der Waals surface area contributed by atoms with E-state index in [1.54, 1.807) is 6.07 Å². The standard InChI is InChI=1S/C17H27N3O/c1-3-13-8-10-14(11-9-13)12-19-17(21)15-6-5-7-16(20-15)18-4-2/h5-7,13-14H,3-4,8-12H2,1-2H3,(H,18,20)(H,19,21). The predicted octanol–water partition coefficient (Wildman–Crippen LogP) is 3.46. The average molecular weight is 289 g/mol. The van der Waals surface area contributed by atoms with E-state index in [0.717, 1.165) is 24.8 Å². The van der Waals surface area contributed by atoms with Gasteiger partial charge in [-0.3, -0.25) is 4.79 Å². The quantitative estimate of drug-likeness (QED) is 0.843. The summed E-state index contributed by atoms with van der Waals surface area (Å²) in [6, 6.07) is 5.52. The molecule has 0 atom stereocenters. The molecule has 1 aromatic heterocycles. The first kappa shape index (κ1) is 15.8. The minimum Gasteiger partial charge on any atom is -0.370 e. The molecule has 0 spiro atoms. The van der Waals surface area contributed by atoms with E-state index in [9.17, 15) is 4.79 Å². The Morgan fingerprint density at radius 2 is 1.90 bits per heavy atom. The molecular formula is C17H27N3O. The molecule has 1 aliphatic rings. The van der Waals surface area contributed by atoms with E-state index in [1.165, 1.54) is 32.1 Å². The summed E-state index contributed by atoms with van der Waals surface area (Å²) in [5.41, 5.74) is 0.496. The van der Waals surface area contributed by atoms with Crippen LogP contribution in [0.3, 0.4) is 0 Å². The molecule has 1 amide bonds. The van der Waals surface area contributed by atoms with Gasteiger partial charge in [0.1, 0.15) is 11.5 Å². The molecule has 0 unspecified atom stereocenters. The summed E-state index contributed by atoms with van der Waals surface area (Å²) < 4.78 is 0. The van der Waals surface area contributed by atoms with Gasteiger partial charge < -0.3 is 10.6 Å². The zero-order chi connectivity index (χ0) is 15.1. The number of carbonyl (C=O) groups is 1. The zero-order valence-corrected chi connectivity index (χ0v) is 13.2. The van der Waals surface area contributed by atoms with Crippen LogP contribution in [0.2, 0.25) is 0 Å². The number of carbonyl (C=O) groups excluding carboxylic acids is 1. The van der Waals surface area contributed by atoms with Crippen LogP contribution in [0.4, 0.5) is 5.82 Å². The molecule has 2 N–H and O–H groups in total. The fourth-order valence-electron chi connectivity index (χ4n) is 3.01. The molecule has 0 saturated heterocycles. The number of rotatable bonds is 6. The summed E-state index contributed by atoms with van der Waals surface area (Å²) in [7, 11) is 0. The lowest BCUT2D eigenvalue weighted by Crippen LogP contribution is -2.31. The Morgan fingerprint density at radius 3 is 2.57 bits per heavy atom. The molecule has 4 nitrogen and oxygen atoms in total. The molecule has 4 heteroatoms. The molecule has 1 aromatic rings. The highest BCUT2D eigenvalue weighted by molar-refractivity contribution is 5.92. The normalized spacial score (nSPS) is 21.8. The highest BCUT2D eigenvalue weighted by atomic mass is 16.1. The van der Waals surface area contributed by atoms with Crippen molar-refractivity contribution in [2.24, 2.45) is 11.8 Å². The number of pyridine rings is 1. The maximum Gasteiger partial charge on any atom is 0.269 e. The fraction of sp³-hybridized carbons (Fsp3) is 0.647. The van der Waals surface area contributed by atoms with Crippen LogP contribution < -0.4 is 10.6 Å². The van der Waals surface area contributed by atoms with Crippen LogP contribution >= 0.6 is 0 Å². The number of aromatic nitrogens is 1. The van der Waals surface area contributed by atoms with Crippen LogP contribution in [-0.2, 0) is 0 Å². The molecule has 0 radical (unpaired) electrons. The van der Waals surface area contributed by atoms with Crippen molar-refractivity contribution >= 4 is 11.7 Å². The lowest BCUT2D eigenvalue weighted by molar-refractivity contribution is 0.0936. The van der Waals surface area contributed by atoms with Gasteiger partial charge in [0.2, 0.25) is 0 Å². The summed E-state index contributed by atoms with van der Waals surface area (Å²) >= 11 is 0. The van der Waals surface area contributed by atoms with Crippen molar-refractivity contribution < 1.29 is 4.79 Å². The first-order valence-corrected chi connectivity index (χ1v) is 8.22. The van der Waals surface area contributed by atoms with E-state index >= 15 is 0 Å². The molecule has 0 aromatic carbocycles. The van der Waals surface area contributed by atoms with Gasteiger partial charge >= 0.3 is 0 Å². The van der Waals surface area contributed by atoms with E-state index in [1.807, 2.05) is 19.1 Å². The minimum atomic E-state index is -0.0626. The summed E-state index contributed by atoms with van der Waals surface area (Å²) in [6.45, 7) is 5.87. The Morgan fingerprint density at radius 1 is 1.19 bits per heavy atom. The number of nitrogens with one attached hydrogen (secondary N) is 2. The minimum absolute atomic E-state index is 0.0626. The van der Waals surface area contributed by atoms with Gasteiger partial charge in [-0.25, -0.2) is 4.98 Å². The van der Waals surface area contributed by atoms with Crippen LogP contribution in [-0.4, -0.2) is 24.0 Å². The van der Waals surface area contributed by atoms with Gasteiger partial charge in [0, 0.05) is 13.1 Å². The first-order chi connectivity index (χ1) is 10.2. The van der Waals surface area contributed by atoms with Crippen molar-refractivity contribution in [1.82, 2.24) is 10.3 Å². The van der Waals surface area contributed by atoms with Gasteiger partial charge in [-0.1, -0.05) is 32.3 Å². The Hall–Kier alpha value is -1.58. The second-order valence-electron chi connectivity index (χ2n) is 5.94. The molecule has 0 bridgehead atoms. The monoisotopic (exact) mass is 289 g/mol. The van der Waals surface area contributed by atoms with E-state index in [0.29, 0.717) is 11.6 Å². The first-order valence-electron chi connectivity index (χ1n) is 8.22. The topological polar surface area (TPSA) is 54.0 Å². The smallest absolute Gasteiger partial charge is 0.269 e. The van der Waals surface area contributed by atoms with Crippen LogP contribution in [0.5, 0.6) is 0 Å². The Balaban J connectivity index is 1.80. The van der Waals surface area contributed by atoms with Crippen LogP contribution in [0, 0.1) is 11.8 Å². The number of nitrogens with zero attached hydrogens (tertiary/aromatic N) is 1. The molecule has 116 valence electrons. The van der Waals surface area contributed by atoms with Crippen LogP contribution in [0.25, 0.3) is 0 Å². The molecule has 2 rings (SSSR count). The zero-order valence-electron chi connectivity index (χ0n) is 13.2. The predicted molar refractivity (Wildman–Crippen MR) is 86.5 cm³/mol. The van der Waals surface area contributed by atoms with Gasteiger partial charge in [-0.05, 0) is 43.7 Å². The highest BCUT2D eigenvalue weighted by Gasteiger charge is 2.20. The Labute approximate surface area is 127 Å². The van der Waals surface area contributed by atoms with Crippen molar-refractivity contribution in [3.05, 3.63) is 23.9 Å². The van der Waals surface area contributed by atoms with Crippen molar-refractivity contribution in [2.45, 2.75) is 46.0 Å². The van der Waals surface area contributed by atoms with Gasteiger partial charge in [-0.2, -0.15) is 0 Å².